The van der Waals surface area contributed by atoms with Crippen LogP contribution < -0.4 is 0 Å². The van der Waals surface area contributed by atoms with E-state index in [4.69, 9.17) is 16.3 Å². The molecule has 1 aromatic carbocycles. The Balaban J connectivity index is 2.73. The van der Waals surface area contributed by atoms with Crippen molar-refractivity contribution in [2.45, 2.75) is 5.25 Å². The van der Waals surface area contributed by atoms with Gasteiger partial charge in [-0.25, -0.2) is 0 Å². The molecular formula is C9H11ClOS. The molecule has 0 aliphatic rings. The van der Waals surface area contributed by atoms with E-state index in [9.17, 15) is 0 Å². The number of ether oxygens (including phenoxy) is 1. The van der Waals surface area contributed by atoms with Crippen molar-refractivity contribution >= 4 is 24.2 Å². The highest BCUT2D eigenvalue weighted by atomic mass is 35.5. The predicted octanol–water partition coefficient (Wildman–Crippen LogP) is 2.96. The van der Waals surface area contributed by atoms with Crippen molar-refractivity contribution < 1.29 is 4.74 Å². The first-order chi connectivity index (χ1) is 5.74. The van der Waals surface area contributed by atoms with Crippen molar-refractivity contribution in [3.05, 3.63) is 34.9 Å². The van der Waals surface area contributed by atoms with Crippen LogP contribution in [-0.4, -0.2) is 13.7 Å². The third-order valence-corrected chi connectivity index (χ3v) is 2.24. The zero-order valence-electron chi connectivity index (χ0n) is 6.83. The van der Waals surface area contributed by atoms with E-state index in [1.807, 2.05) is 24.3 Å². The number of hydrogen-bond acceptors (Lipinski definition) is 2. The van der Waals surface area contributed by atoms with E-state index in [0.717, 1.165) is 10.6 Å². The summed E-state index contributed by atoms with van der Waals surface area (Å²) in [6.07, 6.45) is 0. The number of hydrogen-bond donors (Lipinski definition) is 1. The fourth-order valence-electron chi connectivity index (χ4n) is 0.968. The minimum atomic E-state index is 0.105. The van der Waals surface area contributed by atoms with Gasteiger partial charge in [-0.1, -0.05) is 23.7 Å². The van der Waals surface area contributed by atoms with Gasteiger partial charge in [0.15, 0.2) is 0 Å². The number of rotatable bonds is 3. The third-order valence-electron chi connectivity index (χ3n) is 1.56. The van der Waals surface area contributed by atoms with Gasteiger partial charge in [0.1, 0.15) is 0 Å². The summed E-state index contributed by atoms with van der Waals surface area (Å²) >= 11 is 10.2. The van der Waals surface area contributed by atoms with Crippen LogP contribution >= 0.6 is 24.2 Å². The van der Waals surface area contributed by atoms with Crippen molar-refractivity contribution in [3.63, 3.8) is 0 Å². The molecule has 1 nitrogen and oxygen atoms in total. The third kappa shape index (κ3) is 2.70. The van der Waals surface area contributed by atoms with E-state index < -0.39 is 0 Å². The first-order valence-electron chi connectivity index (χ1n) is 3.66. The summed E-state index contributed by atoms with van der Waals surface area (Å²) in [5, 5.41) is 0.844. The Morgan fingerprint density at radius 3 is 2.92 bits per heavy atom. The Morgan fingerprint density at radius 1 is 1.58 bits per heavy atom. The van der Waals surface area contributed by atoms with Gasteiger partial charge < -0.3 is 4.74 Å². The molecule has 0 radical (unpaired) electrons. The summed E-state index contributed by atoms with van der Waals surface area (Å²) in [4.78, 5) is 0. The summed E-state index contributed by atoms with van der Waals surface area (Å²) in [5.74, 6) is 0. The molecule has 0 aliphatic heterocycles. The molecule has 0 saturated heterocycles. The van der Waals surface area contributed by atoms with Crippen LogP contribution in [-0.2, 0) is 4.74 Å². The van der Waals surface area contributed by atoms with Gasteiger partial charge >= 0.3 is 0 Å². The zero-order chi connectivity index (χ0) is 8.97. The monoisotopic (exact) mass is 202 g/mol. The van der Waals surface area contributed by atoms with Gasteiger partial charge in [0.2, 0.25) is 0 Å². The lowest BCUT2D eigenvalue weighted by atomic mass is 10.1. The minimum Gasteiger partial charge on any atom is -0.383 e. The van der Waals surface area contributed by atoms with Crippen LogP contribution in [0, 0.1) is 0 Å². The number of methoxy groups -OCH3 is 1. The Morgan fingerprint density at radius 2 is 2.33 bits per heavy atom. The number of halogens is 1. The van der Waals surface area contributed by atoms with Crippen LogP contribution in [0.3, 0.4) is 0 Å². The van der Waals surface area contributed by atoms with Gasteiger partial charge in [-0.3, -0.25) is 0 Å². The molecule has 1 aromatic rings. The number of benzene rings is 1. The Hall–Kier alpha value is -0.180. The van der Waals surface area contributed by atoms with Crippen LogP contribution in [0.2, 0.25) is 5.02 Å². The molecule has 0 aliphatic carbocycles. The fourth-order valence-corrected chi connectivity index (χ4v) is 1.48. The summed E-state index contributed by atoms with van der Waals surface area (Å²) in [5.41, 5.74) is 1.09. The van der Waals surface area contributed by atoms with Gasteiger partial charge in [-0.05, 0) is 17.7 Å². The van der Waals surface area contributed by atoms with Crippen LogP contribution in [0.1, 0.15) is 10.8 Å². The van der Waals surface area contributed by atoms with Gasteiger partial charge in [0, 0.05) is 12.1 Å². The second kappa shape index (κ2) is 4.75. The zero-order valence-corrected chi connectivity index (χ0v) is 8.48. The molecule has 0 bridgehead atoms. The maximum Gasteiger partial charge on any atom is 0.0619 e. The highest BCUT2D eigenvalue weighted by molar-refractivity contribution is 7.80. The molecule has 1 rings (SSSR count). The molecule has 0 N–H and O–H groups in total. The average Bonchev–Trinajstić information content (AvgIpc) is 2.05. The summed E-state index contributed by atoms with van der Waals surface area (Å²) in [6.45, 7) is 0.601. The first kappa shape index (κ1) is 9.90. The molecule has 1 atom stereocenters. The standard InChI is InChI=1S/C9H11ClOS/c1-11-6-9(12)7-3-2-4-8(10)5-7/h2-5,9,12H,6H2,1H3/t9-/m0/s1. The Labute approximate surface area is 83.1 Å². The summed E-state index contributed by atoms with van der Waals surface area (Å²) in [6, 6.07) is 7.65. The second-order valence-electron chi connectivity index (χ2n) is 2.53. The highest BCUT2D eigenvalue weighted by Crippen LogP contribution is 2.22. The average molecular weight is 203 g/mol. The van der Waals surface area contributed by atoms with Crippen molar-refractivity contribution in [2.24, 2.45) is 0 Å². The van der Waals surface area contributed by atoms with E-state index in [1.54, 1.807) is 7.11 Å². The maximum absolute atomic E-state index is 5.81. The fraction of sp³-hybridized carbons (Fsp3) is 0.333. The smallest absolute Gasteiger partial charge is 0.0619 e. The summed E-state index contributed by atoms with van der Waals surface area (Å²) in [7, 11) is 1.66. The van der Waals surface area contributed by atoms with Gasteiger partial charge in [-0.2, -0.15) is 12.6 Å². The lowest BCUT2D eigenvalue weighted by Crippen LogP contribution is -1.98. The topological polar surface area (TPSA) is 9.23 Å². The molecule has 0 unspecified atom stereocenters. The van der Waals surface area contributed by atoms with Gasteiger partial charge in [0.25, 0.3) is 0 Å². The van der Waals surface area contributed by atoms with E-state index >= 15 is 0 Å². The molecule has 0 saturated carbocycles. The minimum absolute atomic E-state index is 0.105. The maximum atomic E-state index is 5.81. The summed E-state index contributed by atoms with van der Waals surface area (Å²) < 4.78 is 4.98. The van der Waals surface area contributed by atoms with Gasteiger partial charge in [0.05, 0.1) is 11.9 Å². The predicted molar refractivity (Wildman–Crippen MR) is 55.1 cm³/mol. The molecule has 0 heterocycles. The Bertz CT molecular complexity index is 252. The van der Waals surface area contributed by atoms with Gasteiger partial charge in [-0.15, -0.1) is 0 Å². The van der Waals surface area contributed by atoms with E-state index in [2.05, 4.69) is 12.6 Å². The lowest BCUT2D eigenvalue weighted by Gasteiger charge is -2.09. The molecule has 0 aromatic heterocycles. The van der Waals surface area contributed by atoms with Crippen molar-refractivity contribution in [1.29, 1.82) is 0 Å². The number of thiol groups is 1. The molecule has 0 spiro atoms. The molecular weight excluding hydrogens is 192 g/mol. The van der Waals surface area contributed by atoms with E-state index in [1.165, 1.54) is 0 Å². The molecule has 0 fully saturated rings. The van der Waals surface area contributed by atoms with Crippen LogP contribution in [0.5, 0.6) is 0 Å². The second-order valence-corrected chi connectivity index (χ2v) is 3.59. The quantitative estimate of drug-likeness (QED) is 0.742. The van der Waals surface area contributed by atoms with E-state index in [0.29, 0.717) is 6.61 Å². The normalized spacial score (nSPS) is 12.9. The van der Waals surface area contributed by atoms with Crippen molar-refractivity contribution in [1.82, 2.24) is 0 Å². The first-order valence-corrected chi connectivity index (χ1v) is 4.56. The highest BCUT2D eigenvalue weighted by Gasteiger charge is 2.05. The molecule has 12 heavy (non-hydrogen) atoms. The largest absolute Gasteiger partial charge is 0.383 e. The van der Waals surface area contributed by atoms with Crippen LogP contribution in [0.25, 0.3) is 0 Å². The van der Waals surface area contributed by atoms with Crippen LogP contribution in [0.15, 0.2) is 24.3 Å². The SMILES string of the molecule is COC[C@H](S)c1cccc(Cl)c1. The molecule has 66 valence electrons. The molecule has 0 amide bonds. The lowest BCUT2D eigenvalue weighted by molar-refractivity contribution is 0.200. The molecule has 3 heteroatoms. The van der Waals surface area contributed by atoms with Crippen molar-refractivity contribution in [2.75, 3.05) is 13.7 Å². The van der Waals surface area contributed by atoms with E-state index in [-0.39, 0.29) is 5.25 Å². The van der Waals surface area contributed by atoms with Crippen LogP contribution in [0.4, 0.5) is 0 Å². The Kier molecular flexibility index (Phi) is 3.92. The van der Waals surface area contributed by atoms with Crippen molar-refractivity contribution in [3.8, 4) is 0 Å².